The van der Waals surface area contributed by atoms with Gasteiger partial charge in [-0.25, -0.2) is 0 Å². The zero-order valence-corrected chi connectivity index (χ0v) is 27.4. The molecule has 5 fully saturated rings. The van der Waals surface area contributed by atoms with Crippen molar-refractivity contribution in [2.45, 2.75) is 153 Å². The van der Waals surface area contributed by atoms with Crippen molar-refractivity contribution in [3.05, 3.63) is 23.3 Å². The molecule has 4 N–H and O–H groups in total. The third-order valence-corrected chi connectivity index (χ3v) is 14.0. The van der Waals surface area contributed by atoms with Crippen molar-refractivity contribution in [2.24, 2.45) is 27.6 Å². The fourth-order valence-electron chi connectivity index (χ4n) is 11.3. The molecule has 3 heterocycles. The Morgan fingerprint density at radius 1 is 0.886 bits per heavy atom. The Morgan fingerprint density at radius 2 is 1.61 bits per heavy atom. The Balaban J connectivity index is 1.20. The monoisotopic (exact) mass is 616 g/mol. The number of ether oxygens (including phenoxy) is 4. The standard InChI is InChI=1S/C35H52O9/c1-29(2)13-11-24(43-29)33(7)35(40)17-16-32(6)20-8-9-22-30(3,4)23(42-27-26(38)25(37)21(36)18-41-27)12-14-31(22,5)19(20)10-15-34(32,35)28(39)44-33/h8,10,21-27,36-38,40H,9,11-18H2,1-7H3/t21?,22?,23?,24?,25?,26?,27?,31?,32-,33-,34?,35-/m0/s1. The van der Waals surface area contributed by atoms with Crippen LogP contribution in [0.3, 0.4) is 0 Å². The molecule has 0 aromatic carbocycles. The van der Waals surface area contributed by atoms with Gasteiger partial charge in [-0.1, -0.05) is 39.8 Å². The Labute approximate surface area is 261 Å². The van der Waals surface area contributed by atoms with E-state index >= 15 is 0 Å². The molecule has 7 aliphatic rings. The smallest absolute Gasteiger partial charge is 0.317 e. The molecule has 0 radical (unpaired) electrons. The molecule has 0 bridgehead atoms. The highest BCUT2D eigenvalue weighted by atomic mass is 16.7. The van der Waals surface area contributed by atoms with E-state index in [9.17, 15) is 25.2 Å². The van der Waals surface area contributed by atoms with Crippen LogP contribution in [0.5, 0.6) is 0 Å². The molecular weight excluding hydrogens is 564 g/mol. The SMILES string of the molecule is CC1(C)CCC([C@]2(C)OC(=O)C34CC=C5C(=CCC6C5(C)CCC(OC5OCC(O)C(O)C5O)C6(C)C)[C@]3(C)CC[C@@]42O)O1. The summed E-state index contributed by atoms with van der Waals surface area (Å²) in [5.41, 5.74) is -2.43. The van der Waals surface area contributed by atoms with E-state index in [1.54, 1.807) is 0 Å². The van der Waals surface area contributed by atoms with Crippen LogP contribution in [0.2, 0.25) is 0 Å². The van der Waals surface area contributed by atoms with E-state index in [0.29, 0.717) is 19.3 Å². The predicted molar refractivity (Wildman–Crippen MR) is 160 cm³/mol. The van der Waals surface area contributed by atoms with Crippen LogP contribution in [0.25, 0.3) is 0 Å². The van der Waals surface area contributed by atoms with Crippen LogP contribution >= 0.6 is 0 Å². The van der Waals surface area contributed by atoms with Crippen LogP contribution in [-0.2, 0) is 23.7 Å². The number of esters is 1. The lowest BCUT2D eigenvalue weighted by atomic mass is 9.43. The van der Waals surface area contributed by atoms with Gasteiger partial charge in [0.1, 0.15) is 35.4 Å². The molecule has 0 aromatic heterocycles. The summed E-state index contributed by atoms with van der Waals surface area (Å²) >= 11 is 0. The fourth-order valence-corrected chi connectivity index (χ4v) is 11.3. The second-order valence-corrected chi connectivity index (χ2v) is 16.9. The van der Waals surface area contributed by atoms with Crippen LogP contribution in [0.1, 0.15) is 99.8 Å². The minimum atomic E-state index is -1.35. The van der Waals surface area contributed by atoms with Gasteiger partial charge in [0.2, 0.25) is 0 Å². The van der Waals surface area contributed by atoms with E-state index in [1.807, 2.05) is 6.92 Å². The van der Waals surface area contributed by atoms with Gasteiger partial charge in [0.25, 0.3) is 0 Å². The van der Waals surface area contributed by atoms with Gasteiger partial charge in [0, 0.05) is 5.41 Å². The largest absolute Gasteiger partial charge is 0.453 e. The molecule has 9 unspecified atom stereocenters. The van der Waals surface area contributed by atoms with Gasteiger partial charge in [-0.15, -0.1) is 0 Å². The summed E-state index contributed by atoms with van der Waals surface area (Å²) in [7, 11) is 0. The highest BCUT2D eigenvalue weighted by Crippen LogP contribution is 2.76. The first-order valence-electron chi connectivity index (χ1n) is 16.7. The second-order valence-electron chi connectivity index (χ2n) is 16.9. The van der Waals surface area contributed by atoms with Gasteiger partial charge < -0.3 is 39.4 Å². The number of fused-ring (bicyclic) bond motifs is 4. The summed E-state index contributed by atoms with van der Waals surface area (Å²) < 4.78 is 24.8. The normalized spacial score (nSPS) is 54.0. The van der Waals surface area contributed by atoms with E-state index in [4.69, 9.17) is 18.9 Å². The van der Waals surface area contributed by atoms with Crippen molar-refractivity contribution in [3.63, 3.8) is 0 Å². The summed E-state index contributed by atoms with van der Waals surface area (Å²) in [6.45, 7) is 14.9. The first kappa shape index (κ1) is 31.3. The molecule has 9 nitrogen and oxygen atoms in total. The zero-order valence-electron chi connectivity index (χ0n) is 27.4. The predicted octanol–water partition coefficient (Wildman–Crippen LogP) is 3.70. The molecule has 7 rings (SSSR count). The third kappa shape index (κ3) is 3.64. The third-order valence-electron chi connectivity index (χ3n) is 14.0. The van der Waals surface area contributed by atoms with Crippen LogP contribution in [0.15, 0.2) is 23.3 Å². The number of hydrogen-bond donors (Lipinski definition) is 4. The van der Waals surface area contributed by atoms with Gasteiger partial charge in [-0.2, -0.15) is 0 Å². The molecule has 3 aliphatic heterocycles. The summed E-state index contributed by atoms with van der Waals surface area (Å²) in [5.74, 6) is -0.0806. The van der Waals surface area contributed by atoms with Gasteiger partial charge >= 0.3 is 5.97 Å². The average Bonchev–Trinajstić information content (AvgIpc) is 3.50. The van der Waals surface area contributed by atoms with Crippen molar-refractivity contribution in [2.75, 3.05) is 6.61 Å². The Kier molecular flexibility index (Phi) is 6.68. The van der Waals surface area contributed by atoms with E-state index in [0.717, 1.165) is 32.1 Å². The number of carbonyl (C=O) groups is 1. The molecule has 4 aliphatic carbocycles. The molecule has 9 heteroatoms. The lowest BCUT2D eigenvalue weighted by Crippen LogP contribution is -2.64. The van der Waals surface area contributed by atoms with Crippen LogP contribution in [0.4, 0.5) is 0 Å². The number of aliphatic hydroxyl groups excluding tert-OH is 3. The van der Waals surface area contributed by atoms with E-state index in [-0.39, 0.29) is 47.1 Å². The maximum absolute atomic E-state index is 14.2. The number of cyclic esters (lactones) is 1. The van der Waals surface area contributed by atoms with Crippen molar-refractivity contribution < 1.29 is 44.2 Å². The van der Waals surface area contributed by atoms with Crippen molar-refractivity contribution >= 4 is 5.97 Å². The Morgan fingerprint density at radius 3 is 2.30 bits per heavy atom. The molecule has 1 spiro atoms. The summed E-state index contributed by atoms with van der Waals surface area (Å²) in [4.78, 5) is 14.2. The summed E-state index contributed by atoms with van der Waals surface area (Å²) in [6.07, 6.45) is 4.80. The molecular formula is C35H52O9. The summed E-state index contributed by atoms with van der Waals surface area (Å²) in [5, 5.41) is 43.4. The average molecular weight is 617 g/mol. The van der Waals surface area contributed by atoms with Crippen LogP contribution < -0.4 is 0 Å². The lowest BCUT2D eigenvalue weighted by molar-refractivity contribution is -0.301. The maximum atomic E-state index is 14.2. The number of hydrogen-bond acceptors (Lipinski definition) is 9. The van der Waals surface area contributed by atoms with E-state index < -0.39 is 46.6 Å². The molecule has 0 amide bonds. The fraction of sp³-hybridized carbons (Fsp3) is 0.857. The second kappa shape index (κ2) is 9.39. The lowest BCUT2D eigenvalue weighted by Gasteiger charge is -2.61. The number of allylic oxidation sites excluding steroid dienone is 4. The summed E-state index contributed by atoms with van der Waals surface area (Å²) in [6, 6.07) is 0. The highest BCUT2D eigenvalue weighted by Gasteiger charge is 2.84. The zero-order chi connectivity index (χ0) is 31.9. The molecule has 0 aromatic rings. The first-order valence-corrected chi connectivity index (χ1v) is 16.7. The van der Waals surface area contributed by atoms with Gasteiger partial charge in [-0.05, 0) is 100 Å². The van der Waals surface area contributed by atoms with Crippen LogP contribution in [0, 0.1) is 27.6 Å². The van der Waals surface area contributed by atoms with Crippen molar-refractivity contribution in [1.29, 1.82) is 0 Å². The van der Waals surface area contributed by atoms with Gasteiger partial charge in [0.05, 0.1) is 18.3 Å². The van der Waals surface area contributed by atoms with Gasteiger partial charge in [0.15, 0.2) is 11.9 Å². The Bertz CT molecular complexity index is 1300. The van der Waals surface area contributed by atoms with E-state index in [2.05, 4.69) is 53.7 Å². The van der Waals surface area contributed by atoms with Crippen molar-refractivity contribution in [1.82, 2.24) is 0 Å². The molecule has 44 heavy (non-hydrogen) atoms. The quantitative estimate of drug-likeness (QED) is 0.350. The van der Waals surface area contributed by atoms with Crippen molar-refractivity contribution in [3.8, 4) is 0 Å². The van der Waals surface area contributed by atoms with E-state index in [1.165, 1.54) is 11.1 Å². The van der Waals surface area contributed by atoms with Crippen LogP contribution in [-0.4, -0.2) is 86.6 Å². The Hall–Kier alpha value is -1.33. The minimum Gasteiger partial charge on any atom is -0.453 e. The highest BCUT2D eigenvalue weighted by molar-refractivity contribution is 5.87. The first-order chi connectivity index (χ1) is 20.4. The molecule has 3 saturated heterocycles. The molecule has 2 saturated carbocycles. The minimum absolute atomic E-state index is 0.0883. The molecule has 12 atom stereocenters. The number of aliphatic hydroxyl groups is 4. The number of rotatable bonds is 3. The topological polar surface area (TPSA) is 135 Å². The maximum Gasteiger partial charge on any atom is 0.317 e. The molecule has 246 valence electrons. The van der Waals surface area contributed by atoms with Gasteiger partial charge in [-0.3, -0.25) is 4.79 Å². The number of carbonyl (C=O) groups excluding carboxylic acids is 1.